The second kappa shape index (κ2) is 4.50. The average molecular weight is 266 g/mol. The summed E-state index contributed by atoms with van der Waals surface area (Å²) in [6, 6.07) is 11.7. The summed E-state index contributed by atoms with van der Waals surface area (Å²) >= 11 is 0. The van der Waals surface area contributed by atoms with Crippen LogP contribution in [0.5, 0.6) is 0 Å². The third kappa shape index (κ3) is 2.13. The molecule has 1 heterocycles. The zero-order valence-corrected chi connectivity index (χ0v) is 11.8. The fourth-order valence-corrected chi connectivity index (χ4v) is 3.07. The van der Waals surface area contributed by atoms with E-state index in [9.17, 15) is 5.11 Å². The van der Waals surface area contributed by atoms with Crippen LogP contribution in [0.15, 0.2) is 36.5 Å². The third-order valence-electron chi connectivity index (χ3n) is 4.05. The molecule has 0 spiro atoms. The Balaban J connectivity index is 2.06. The molecule has 1 unspecified atom stereocenters. The second-order valence-electron chi connectivity index (χ2n) is 6.31. The Bertz CT molecular complexity index is 674. The molecule has 0 aliphatic heterocycles. The quantitative estimate of drug-likeness (QED) is 0.860. The van der Waals surface area contributed by atoms with Gasteiger partial charge in [-0.3, -0.25) is 0 Å². The van der Waals surface area contributed by atoms with E-state index in [1.54, 1.807) is 0 Å². The number of fused-ring (bicyclic) bond motifs is 1. The number of rotatable bonds is 1. The molecule has 1 aromatic heterocycles. The van der Waals surface area contributed by atoms with Crippen molar-refractivity contribution in [3.63, 3.8) is 0 Å². The molecule has 0 bridgehead atoms. The minimum absolute atomic E-state index is 0.106. The molecule has 3 rings (SSSR count). The lowest BCUT2D eigenvalue weighted by Gasteiger charge is -2.33. The summed E-state index contributed by atoms with van der Waals surface area (Å²) in [7, 11) is 0. The summed E-state index contributed by atoms with van der Waals surface area (Å²) in [6.07, 6.45) is 3.38. The van der Waals surface area contributed by atoms with Gasteiger partial charge < -0.3 is 9.67 Å². The molecule has 3 nitrogen and oxygen atoms in total. The topological polar surface area (TPSA) is 49.0 Å². The predicted molar refractivity (Wildman–Crippen MR) is 77.5 cm³/mol. The van der Waals surface area contributed by atoms with E-state index in [0.717, 1.165) is 24.1 Å². The van der Waals surface area contributed by atoms with Crippen molar-refractivity contribution >= 4 is 0 Å². The number of benzene rings is 1. The maximum atomic E-state index is 10.3. The van der Waals surface area contributed by atoms with Crippen LogP contribution in [0.4, 0.5) is 0 Å². The van der Waals surface area contributed by atoms with Crippen LogP contribution in [0.1, 0.15) is 43.2 Å². The Morgan fingerprint density at radius 3 is 2.60 bits per heavy atom. The van der Waals surface area contributed by atoms with Crippen LogP contribution >= 0.6 is 0 Å². The Morgan fingerprint density at radius 2 is 1.95 bits per heavy atom. The zero-order valence-electron chi connectivity index (χ0n) is 11.8. The first-order valence-electron chi connectivity index (χ1n) is 6.89. The van der Waals surface area contributed by atoms with Gasteiger partial charge in [-0.2, -0.15) is 5.26 Å². The van der Waals surface area contributed by atoms with Gasteiger partial charge in [0.15, 0.2) is 0 Å². The van der Waals surface area contributed by atoms with Gasteiger partial charge in [0.05, 0.1) is 17.7 Å². The molecule has 1 aromatic carbocycles. The fourth-order valence-electron chi connectivity index (χ4n) is 3.07. The van der Waals surface area contributed by atoms with Crippen LogP contribution in [0.25, 0.3) is 5.69 Å². The molecule has 0 amide bonds. The summed E-state index contributed by atoms with van der Waals surface area (Å²) in [4.78, 5) is 0. The van der Waals surface area contributed by atoms with Crippen molar-refractivity contribution in [3.05, 3.63) is 53.3 Å². The number of nitriles is 1. The van der Waals surface area contributed by atoms with Gasteiger partial charge in [-0.05, 0) is 48.6 Å². The maximum Gasteiger partial charge on any atom is 0.0991 e. The molecule has 3 heteroatoms. The lowest BCUT2D eigenvalue weighted by Crippen LogP contribution is -2.26. The molecule has 1 aliphatic carbocycles. The molecular formula is C17H18N2O. The number of aliphatic hydroxyl groups is 1. The fraction of sp³-hybridized carbons (Fsp3) is 0.353. The number of nitrogens with zero attached hydrogens (tertiary/aromatic N) is 2. The van der Waals surface area contributed by atoms with Crippen LogP contribution in [0, 0.1) is 16.7 Å². The molecule has 0 saturated heterocycles. The Morgan fingerprint density at radius 1 is 1.25 bits per heavy atom. The highest BCUT2D eigenvalue weighted by atomic mass is 16.3. The summed E-state index contributed by atoms with van der Waals surface area (Å²) < 4.78 is 2.13. The number of aliphatic hydroxyl groups excluding tert-OH is 1. The molecule has 0 radical (unpaired) electrons. The minimum Gasteiger partial charge on any atom is -0.388 e. The zero-order chi connectivity index (χ0) is 14.3. The van der Waals surface area contributed by atoms with Crippen molar-refractivity contribution in [2.24, 2.45) is 5.41 Å². The van der Waals surface area contributed by atoms with E-state index in [2.05, 4.69) is 24.5 Å². The van der Waals surface area contributed by atoms with Gasteiger partial charge in [-0.1, -0.05) is 13.8 Å². The molecule has 1 atom stereocenters. The molecule has 0 fully saturated rings. The first-order chi connectivity index (χ1) is 9.50. The standard InChI is InChI=1S/C17H18N2O/c1-17(2)9-15-14(16(20)10-17)7-8-19(15)13-5-3-12(11-18)4-6-13/h3-8,16,20H,9-10H2,1-2H3. The van der Waals surface area contributed by atoms with Crippen molar-refractivity contribution in [1.82, 2.24) is 4.57 Å². The van der Waals surface area contributed by atoms with E-state index in [-0.39, 0.29) is 11.5 Å². The Labute approximate surface area is 119 Å². The van der Waals surface area contributed by atoms with Gasteiger partial charge in [0.25, 0.3) is 0 Å². The van der Waals surface area contributed by atoms with Crippen molar-refractivity contribution in [2.45, 2.75) is 32.8 Å². The lowest BCUT2D eigenvalue weighted by molar-refractivity contribution is 0.0987. The molecular weight excluding hydrogens is 248 g/mol. The molecule has 102 valence electrons. The highest BCUT2D eigenvalue weighted by molar-refractivity contribution is 5.43. The number of hydrogen-bond donors (Lipinski definition) is 1. The van der Waals surface area contributed by atoms with E-state index < -0.39 is 0 Å². The summed E-state index contributed by atoms with van der Waals surface area (Å²) in [5.74, 6) is 0. The second-order valence-corrected chi connectivity index (χ2v) is 6.31. The largest absolute Gasteiger partial charge is 0.388 e. The number of aromatic nitrogens is 1. The van der Waals surface area contributed by atoms with Crippen LogP contribution in [0.3, 0.4) is 0 Å². The van der Waals surface area contributed by atoms with Crippen LogP contribution in [-0.4, -0.2) is 9.67 Å². The molecule has 1 N–H and O–H groups in total. The summed E-state index contributed by atoms with van der Waals surface area (Å²) in [5.41, 5.74) is 4.02. The van der Waals surface area contributed by atoms with Crippen molar-refractivity contribution < 1.29 is 5.11 Å². The predicted octanol–water partition coefficient (Wildman–Crippen LogP) is 3.35. The highest BCUT2D eigenvalue weighted by Gasteiger charge is 2.33. The van der Waals surface area contributed by atoms with E-state index in [1.807, 2.05) is 36.5 Å². The maximum absolute atomic E-state index is 10.3. The highest BCUT2D eigenvalue weighted by Crippen LogP contribution is 2.41. The van der Waals surface area contributed by atoms with Gasteiger partial charge in [0.2, 0.25) is 0 Å². The lowest BCUT2D eigenvalue weighted by atomic mass is 9.75. The van der Waals surface area contributed by atoms with Crippen molar-refractivity contribution in [2.75, 3.05) is 0 Å². The van der Waals surface area contributed by atoms with Gasteiger partial charge in [0, 0.05) is 23.1 Å². The molecule has 2 aromatic rings. The van der Waals surface area contributed by atoms with Crippen molar-refractivity contribution in [3.8, 4) is 11.8 Å². The van der Waals surface area contributed by atoms with Gasteiger partial charge in [-0.25, -0.2) is 0 Å². The monoisotopic (exact) mass is 266 g/mol. The summed E-state index contributed by atoms with van der Waals surface area (Å²) in [5, 5.41) is 19.1. The van der Waals surface area contributed by atoms with Crippen LogP contribution < -0.4 is 0 Å². The Hall–Kier alpha value is -2.05. The van der Waals surface area contributed by atoms with Crippen LogP contribution in [0.2, 0.25) is 0 Å². The smallest absolute Gasteiger partial charge is 0.0991 e. The minimum atomic E-state index is -0.381. The van der Waals surface area contributed by atoms with Crippen LogP contribution in [-0.2, 0) is 6.42 Å². The van der Waals surface area contributed by atoms with Gasteiger partial charge >= 0.3 is 0 Å². The van der Waals surface area contributed by atoms with E-state index in [0.29, 0.717) is 5.56 Å². The Kier molecular flexibility index (Phi) is 2.92. The first-order valence-corrected chi connectivity index (χ1v) is 6.89. The van der Waals surface area contributed by atoms with E-state index in [1.165, 1.54) is 5.69 Å². The van der Waals surface area contributed by atoms with Crippen molar-refractivity contribution in [1.29, 1.82) is 5.26 Å². The number of hydrogen-bond acceptors (Lipinski definition) is 2. The average Bonchev–Trinajstić information content (AvgIpc) is 2.81. The molecule has 20 heavy (non-hydrogen) atoms. The van der Waals surface area contributed by atoms with Gasteiger partial charge in [-0.15, -0.1) is 0 Å². The van der Waals surface area contributed by atoms with E-state index in [4.69, 9.17) is 5.26 Å². The van der Waals surface area contributed by atoms with E-state index >= 15 is 0 Å². The first kappa shape index (κ1) is 13.0. The molecule has 1 aliphatic rings. The summed E-state index contributed by atoms with van der Waals surface area (Å²) in [6.45, 7) is 4.38. The normalized spacial score (nSPS) is 20.2. The molecule has 0 saturated carbocycles. The SMILES string of the molecule is CC1(C)Cc2c(ccn2-c2ccc(C#N)cc2)C(O)C1. The van der Waals surface area contributed by atoms with Gasteiger partial charge in [0.1, 0.15) is 0 Å². The third-order valence-corrected chi connectivity index (χ3v) is 4.05.